The molecule has 4 aromatic rings. The topological polar surface area (TPSA) is 141 Å². The highest BCUT2D eigenvalue weighted by atomic mass is 32.1. The Morgan fingerprint density at radius 3 is 2.36 bits per heavy atom. The summed E-state index contributed by atoms with van der Waals surface area (Å²) in [6.45, 7) is 8.81. The number of nitriles is 1. The van der Waals surface area contributed by atoms with Gasteiger partial charge in [0, 0.05) is 74.5 Å². The molecule has 3 N–H and O–H groups in total. The molecule has 2 atom stereocenters. The van der Waals surface area contributed by atoms with Crippen LogP contribution in [0, 0.1) is 28.9 Å². The van der Waals surface area contributed by atoms with E-state index in [-0.39, 0.29) is 61.8 Å². The van der Waals surface area contributed by atoms with Gasteiger partial charge in [-0.05, 0) is 76.1 Å². The molecule has 0 saturated carbocycles. The van der Waals surface area contributed by atoms with Crippen molar-refractivity contribution in [3.05, 3.63) is 41.0 Å². The highest BCUT2D eigenvalue weighted by molar-refractivity contribution is 7.23. The van der Waals surface area contributed by atoms with Crippen LogP contribution >= 0.6 is 11.3 Å². The zero-order valence-electron chi connectivity index (χ0n) is 32.5. The first kappa shape index (κ1) is 42.7. The fraction of sp³-hybridized carbons (Fsp3) is 0.525. The van der Waals surface area contributed by atoms with Gasteiger partial charge in [0.2, 0.25) is 11.8 Å². The summed E-state index contributed by atoms with van der Waals surface area (Å²) in [5.74, 6) is -1.54. The number of rotatable bonds is 5. The van der Waals surface area contributed by atoms with Crippen molar-refractivity contribution in [2.45, 2.75) is 77.2 Å². The third kappa shape index (κ3) is 8.90. The number of ether oxygens (including phenoxy) is 1. The average Bonchev–Trinajstić information content (AvgIpc) is 4.01. The summed E-state index contributed by atoms with van der Waals surface area (Å²) >= 11 is 0.698. The number of aromatic nitrogens is 2. The van der Waals surface area contributed by atoms with Crippen LogP contribution in [0.15, 0.2) is 18.2 Å². The molecule has 0 spiro atoms. The number of halogens is 6. The average molecular weight is 833 g/mol. The Morgan fingerprint density at radius 1 is 1.05 bits per heavy atom. The number of nitrogen functional groups attached to an aromatic ring is 1. The predicted molar refractivity (Wildman–Crippen MR) is 210 cm³/mol. The Morgan fingerprint density at radius 2 is 1.76 bits per heavy atom. The molecule has 2 unspecified atom stereocenters. The van der Waals surface area contributed by atoms with Gasteiger partial charge < -0.3 is 25.6 Å². The number of nitrogens with zero attached hydrogens (tertiary/aromatic N) is 6. The molecular weight excluding hydrogens is 787 g/mol. The van der Waals surface area contributed by atoms with Gasteiger partial charge in [0.25, 0.3) is 0 Å². The van der Waals surface area contributed by atoms with Crippen LogP contribution in [0.2, 0.25) is 0 Å². The number of likely N-dealkylation sites (tertiary alicyclic amines) is 2. The number of thiophene rings is 1. The van der Waals surface area contributed by atoms with Crippen LogP contribution in [-0.2, 0) is 15.8 Å². The van der Waals surface area contributed by atoms with Crippen molar-refractivity contribution in [3.8, 4) is 23.2 Å². The lowest BCUT2D eigenvalue weighted by Crippen LogP contribution is -2.43. The number of methoxy groups -OCH3 is 1. The first-order valence-electron chi connectivity index (χ1n) is 19.4. The molecule has 0 aliphatic carbocycles. The number of fused-ring (bicyclic) bond motifs is 3. The van der Waals surface area contributed by atoms with E-state index < -0.39 is 40.6 Å². The molecule has 0 bridgehead atoms. The molecule has 2 aromatic carbocycles. The van der Waals surface area contributed by atoms with E-state index in [1.807, 2.05) is 9.80 Å². The molecule has 58 heavy (non-hydrogen) atoms. The minimum Gasteiger partial charge on any atom is -0.467 e. The zero-order valence-corrected chi connectivity index (χ0v) is 33.3. The highest BCUT2D eigenvalue weighted by Crippen LogP contribution is 2.47. The monoisotopic (exact) mass is 832 g/mol. The molecular formula is C40H46F6N8O3S. The molecule has 2 amide bonds. The quantitative estimate of drug-likeness (QED) is 0.193. The second-order valence-corrected chi connectivity index (χ2v) is 15.8. The molecule has 18 heteroatoms. The van der Waals surface area contributed by atoms with E-state index in [4.69, 9.17) is 10.5 Å². The van der Waals surface area contributed by atoms with Crippen LogP contribution in [0.5, 0.6) is 6.01 Å². The highest BCUT2D eigenvalue weighted by Gasteiger charge is 2.39. The number of nitrogens with one attached hydrogen (secondary N) is 1. The van der Waals surface area contributed by atoms with E-state index in [0.717, 1.165) is 83.0 Å². The third-order valence-corrected chi connectivity index (χ3v) is 12.1. The van der Waals surface area contributed by atoms with Gasteiger partial charge >= 0.3 is 12.2 Å². The molecule has 8 rings (SSSR count). The third-order valence-electron chi connectivity index (χ3n) is 11.1. The van der Waals surface area contributed by atoms with Crippen molar-refractivity contribution in [1.29, 1.82) is 5.26 Å². The number of amides is 2. The maximum Gasteiger partial charge on any atom is 0.417 e. The van der Waals surface area contributed by atoms with Crippen molar-refractivity contribution in [3.63, 3.8) is 0 Å². The molecule has 2 aromatic heterocycles. The van der Waals surface area contributed by atoms with Gasteiger partial charge in [-0.3, -0.25) is 14.5 Å². The maximum absolute atomic E-state index is 15.9. The van der Waals surface area contributed by atoms with E-state index in [1.54, 1.807) is 19.9 Å². The summed E-state index contributed by atoms with van der Waals surface area (Å²) < 4.78 is 90.2. The standard InChI is InChI=1S/C21H14F5N5OS.C12H20N2O2.C7H12FN/c1-3-29-19-9-6-11(21(24,25)26)14(15(23)16(9)30-20(31-19)32-2)8-4-5-12(22)17-13(8)10(7-27)18(28)33-17;1-10(15)13-8-4-11(5-9-13)12(16)14-6-2-3-7-14;8-6-4-7-2-1-3-9(7)5-6/h4-6H,3,28H2,1-2H3,(H,29,30,31);11H,2-9H2,1H3;6-7H,1-5H2. The number of hydrogen-bond acceptors (Lipinski definition) is 10. The Labute approximate surface area is 336 Å². The smallest absolute Gasteiger partial charge is 0.417 e. The van der Waals surface area contributed by atoms with Crippen molar-refractivity contribution in [2.24, 2.45) is 5.92 Å². The first-order chi connectivity index (χ1) is 27.7. The minimum absolute atomic E-state index is 0.0444. The SMILES string of the molecule is CC(=O)N1CCC(C(=O)N2CCCC2)CC1.CCNc1nc(OC)nc2c(F)c(-c3ccc(F)c4sc(N)c(C#N)c34)c(C(F)(F)F)cc12.FC1CC2CCCN2C1. The Kier molecular flexibility index (Phi) is 13.2. The number of alkyl halides is 4. The zero-order chi connectivity index (χ0) is 41.9. The van der Waals surface area contributed by atoms with E-state index >= 15 is 4.39 Å². The van der Waals surface area contributed by atoms with Gasteiger partial charge in [0.05, 0.1) is 22.9 Å². The van der Waals surface area contributed by atoms with Crippen LogP contribution in [-0.4, -0.2) is 102 Å². The summed E-state index contributed by atoms with van der Waals surface area (Å²) in [5, 5.41) is 11.8. The Balaban J connectivity index is 0.000000184. The lowest BCUT2D eigenvalue weighted by Gasteiger charge is -2.32. The number of carbonyl (C=O) groups excluding carboxylic acids is 2. The van der Waals surface area contributed by atoms with Gasteiger partial charge in [-0.1, -0.05) is 6.07 Å². The first-order valence-corrected chi connectivity index (χ1v) is 20.2. The van der Waals surface area contributed by atoms with Crippen molar-refractivity contribution < 1.29 is 40.7 Å². The predicted octanol–water partition coefficient (Wildman–Crippen LogP) is 7.76. The number of hydrogen-bond donors (Lipinski definition) is 2. The van der Waals surface area contributed by atoms with Gasteiger partial charge in [-0.15, -0.1) is 11.3 Å². The molecule has 11 nitrogen and oxygen atoms in total. The van der Waals surface area contributed by atoms with Crippen molar-refractivity contribution in [1.82, 2.24) is 24.7 Å². The van der Waals surface area contributed by atoms with E-state index in [2.05, 4.69) is 20.2 Å². The summed E-state index contributed by atoms with van der Waals surface area (Å²) in [7, 11) is 1.23. The van der Waals surface area contributed by atoms with Crippen LogP contribution in [0.4, 0.5) is 37.2 Å². The second-order valence-electron chi connectivity index (χ2n) is 14.8. The Bertz CT molecular complexity index is 2190. The molecule has 4 saturated heterocycles. The van der Waals surface area contributed by atoms with Gasteiger partial charge in [0.15, 0.2) is 5.82 Å². The second kappa shape index (κ2) is 17.9. The van der Waals surface area contributed by atoms with Crippen molar-refractivity contribution >= 4 is 55.0 Å². The Hall–Kier alpha value is -4.89. The van der Waals surface area contributed by atoms with Gasteiger partial charge in [0.1, 0.15) is 34.4 Å². The summed E-state index contributed by atoms with van der Waals surface area (Å²) in [5.41, 5.74) is 2.59. The van der Waals surface area contributed by atoms with Gasteiger partial charge in [-0.2, -0.15) is 28.4 Å². The van der Waals surface area contributed by atoms with Crippen molar-refractivity contribution in [2.75, 3.05) is 64.0 Å². The van der Waals surface area contributed by atoms with Crippen LogP contribution in [0.25, 0.3) is 32.1 Å². The number of anilines is 2. The van der Waals surface area contributed by atoms with Crippen LogP contribution in [0.1, 0.15) is 69.9 Å². The molecule has 4 aliphatic heterocycles. The van der Waals surface area contributed by atoms with Gasteiger partial charge in [-0.25, -0.2) is 13.2 Å². The maximum atomic E-state index is 15.9. The number of carbonyl (C=O) groups is 2. The molecule has 6 heterocycles. The van der Waals surface area contributed by atoms with E-state index in [1.165, 1.54) is 20.0 Å². The number of nitrogens with two attached hydrogens (primary N) is 1. The lowest BCUT2D eigenvalue weighted by atomic mass is 9.92. The van der Waals surface area contributed by atoms with E-state index in [0.29, 0.717) is 29.8 Å². The summed E-state index contributed by atoms with van der Waals surface area (Å²) in [6.07, 6.45) is 1.80. The van der Waals surface area contributed by atoms with E-state index in [9.17, 15) is 36.8 Å². The largest absolute Gasteiger partial charge is 0.467 e. The molecule has 4 fully saturated rings. The fourth-order valence-electron chi connectivity index (χ4n) is 8.26. The normalized spacial score (nSPS) is 19.7. The van der Waals surface area contributed by atoms with Crippen LogP contribution in [0.3, 0.4) is 0 Å². The summed E-state index contributed by atoms with van der Waals surface area (Å²) in [4.78, 5) is 37.3. The number of benzene rings is 2. The lowest BCUT2D eigenvalue weighted by molar-refractivity contribution is -0.139. The molecule has 0 radical (unpaired) electrons. The molecule has 312 valence electrons. The minimum atomic E-state index is -5.00. The fourth-order valence-corrected chi connectivity index (χ4v) is 9.21. The van der Waals surface area contributed by atoms with Crippen LogP contribution < -0.4 is 15.8 Å². The molecule has 4 aliphatic rings. The summed E-state index contributed by atoms with van der Waals surface area (Å²) in [6, 6.07) is 4.75. The number of piperidine rings is 1.